The van der Waals surface area contributed by atoms with Gasteiger partial charge >= 0.3 is 5.97 Å². The van der Waals surface area contributed by atoms with Crippen molar-refractivity contribution < 1.29 is 9.53 Å². The minimum Gasteiger partial charge on any atom is -0.461 e. The summed E-state index contributed by atoms with van der Waals surface area (Å²) < 4.78 is 6.77. The van der Waals surface area contributed by atoms with Crippen LogP contribution in [0.4, 0.5) is 0 Å². The summed E-state index contributed by atoms with van der Waals surface area (Å²) in [4.78, 5) is 15.8. The van der Waals surface area contributed by atoms with Crippen molar-refractivity contribution in [1.29, 1.82) is 0 Å². The van der Waals surface area contributed by atoms with E-state index >= 15 is 0 Å². The van der Waals surface area contributed by atoms with Crippen LogP contribution < -0.4 is 0 Å². The molecule has 0 spiro atoms. The van der Waals surface area contributed by atoms with Gasteiger partial charge < -0.3 is 4.74 Å². The number of carbonyl (C=O) groups is 1. The Bertz CT molecular complexity index is 573. The Morgan fingerprint density at radius 2 is 2.17 bits per heavy atom. The Balaban J connectivity index is 2.45. The largest absolute Gasteiger partial charge is 0.461 e. The van der Waals surface area contributed by atoms with Crippen molar-refractivity contribution in [3.05, 3.63) is 47.5 Å². The first-order valence-corrected chi connectivity index (χ1v) is 5.90. The minimum atomic E-state index is -0.352. The molecule has 0 saturated heterocycles. The van der Waals surface area contributed by atoms with Crippen molar-refractivity contribution in [2.45, 2.75) is 20.8 Å². The maximum Gasteiger partial charge on any atom is 0.356 e. The molecule has 0 N–H and O–H groups in total. The zero-order chi connectivity index (χ0) is 13.1. The minimum absolute atomic E-state index is 0.352. The zero-order valence-corrected chi connectivity index (χ0v) is 10.8. The van der Waals surface area contributed by atoms with Gasteiger partial charge in [-0.15, -0.1) is 0 Å². The Kier molecular flexibility index (Phi) is 3.46. The first-order valence-electron chi connectivity index (χ1n) is 5.90. The van der Waals surface area contributed by atoms with Gasteiger partial charge in [0.05, 0.1) is 24.8 Å². The quantitative estimate of drug-likeness (QED) is 0.780. The van der Waals surface area contributed by atoms with Crippen molar-refractivity contribution >= 4 is 5.97 Å². The van der Waals surface area contributed by atoms with Gasteiger partial charge in [0.15, 0.2) is 5.69 Å². The van der Waals surface area contributed by atoms with Gasteiger partial charge in [0.1, 0.15) is 0 Å². The van der Waals surface area contributed by atoms with Crippen LogP contribution in [-0.2, 0) is 4.74 Å². The average Bonchev–Trinajstić information content (AvgIpc) is 2.78. The second-order valence-corrected chi connectivity index (χ2v) is 4.16. The summed E-state index contributed by atoms with van der Waals surface area (Å²) in [5, 5.41) is 0. The van der Waals surface area contributed by atoms with Crippen LogP contribution in [0.1, 0.15) is 28.5 Å². The summed E-state index contributed by atoms with van der Waals surface area (Å²) in [6, 6.07) is 6.07. The number of rotatable bonds is 3. The number of aryl methyl sites for hydroxylation is 2. The molecule has 0 aliphatic heterocycles. The van der Waals surface area contributed by atoms with E-state index in [1.54, 1.807) is 17.8 Å². The Morgan fingerprint density at radius 3 is 2.83 bits per heavy atom. The summed E-state index contributed by atoms with van der Waals surface area (Å²) >= 11 is 0. The Morgan fingerprint density at radius 1 is 1.39 bits per heavy atom. The predicted molar refractivity (Wildman–Crippen MR) is 69.0 cm³/mol. The summed E-state index contributed by atoms with van der Waals surface area (Å²) in [6.07, 6.45) is 3.15. The summed E-state index contributed by atoms with van der Waals surface area (Å²) in [6.45, 7) is 6.20. The molecular formula is C14H16N2O2. The molecule has 0 aliphatic rings. The number of nitrogens with zero attached hydrogens (tertiary/aromatic N) is 2. The lowest BCUT2D eigenvalue weighted by Gasteiger charge is -2.10. The fourth-order valence-electron chi connectivity index (χ4n) is 1.92. The van der Waals surface area contributed by atoms with E-state index in [1.807, 2.05) is 26.0 Å². The van der Waals surface area contributed by atoms with Crippen molar-refractivity contribution in [2.75, 3.05) is 6.61 Å². The van der Waals surface area contributed by atoms with Gasteiger partial charge in [-0.25, -0.2) is 9.78 Å². The van der Waals surface area contributed by atoms with Crippen LogP contribution in [0.5, 0.6) is 0 Å². The number of hydrogen-bond acceptors (Lipinski definition) is 3. The maximum absolute atomic E-state index is 11.8. The van der Waals surface area contributed by atoms with Crippen molar-refractivity contribution in [2.24, 2.45) is 0 Å². The topological polar surface area (TPSA) is 44.1 Å². The third-order valence-electron chi connectivity index (χ3n) is 2.73. The molecule has 4 nitrogen and oxygen atoms in total. The lowest BCUT2D eigenvalue weighted by atomic mass is 10.1. The van der Waals surface area contributed by atoms with E-state index in [4.69, 9.17) is 4.74 Å². The fraction of sp³-hybridized carbons (Fsp3) is 0.286. The van der Waals surface area contributed by atoms with Gasteiger partial charge in [0.2, 0.25) is 0 Å². The number of ether oxygens (including phenoxy) is 1. The van der Waals surface area contributed by atoms with Gasteiger partial charge in [-0.05, 0) is 32.4 Å². The molecule has 4 heteroatoms. The molecular weight excluding hydrogens is 228 g/mol. The normalized spacial score (nSPS) is 10.4. The molecule has 0 saturated carbocycles. The highest BCUT2D eigenvalue weighted by atomic mass is 16.5. The van der Waals surface area contributed by atoms with E-state index in [-0.39, 0.29) is 5.97 Å². The van der Waals surface area contributed by atoms with E-state index < -0.39 is 0 Å². The molecule has 0 unspecified atom stereocenters. The molecule has 0 bridgehead atoms. The van der Waals surface area contributed by atoms with Crippen LogP contribution in [0.2, 0.25) is 0 Å². The van der Waals surface area contributed by atoms with Crippen LogP contribution in [0.15, 0.2) is 30.7 Å². The molecule has 94 valence electrons. The standard InChI is InChI=1S/C14H16N2O2/c1-4-18-14(17)13-8-15-9-16(13)12-6-5-10(2)7-11(12)3/h5-9H,4H2,1-3H3. The molecule has 1 aromatic carbocycles. The predicted octanol–water partition coefficient (Wildman–Crippen LogP) is 2.67. The second-order valence-electron chi connectivity index (χ2n) is 4.16. The highest BCUT2D eigenvalue weighted by molar-refractivity contribution is 5.88. The molecule has 0 amide bonds. The molecule has 0 fully saturated rings. The van der Waals surface area contributed by atoms with E-state index in [0.717, 1.165) is 11.3 Å². The van der Waals surface area contributed by atoms with E-state index in [0.29, 0.717) is 12.3 Å². The fourth-order valence-corrected chi connectivity index (χ4v) is 1.92. The Labute approximate surface area is 106 Å². The molecule has 0 aliphatic carbocycles. The van der Waals surface area contributed by atoms with Gasteiger partial charge in [-0.3, -0.25) is 4.57 Å². The number of imidazole rings is 1. The van der Waals surface area contributed by atoms with Gasteiger partial charge in [-0.1, -0.05) is 17.7 Å². The molecule has 2 rings (SSSR count). The lowest BCUT2D eigenvalue weighted by molar-refractivity contribution is 0.0517. The number of hydrogen-bond donors (Lipinski definition) is 0. The highest BCUT2D eigenvalue weighted by Crippen LogP contribution is 2.18. The third-order valence-corrected chi connectivity index (χ3v) is 2.73. The van der Waals surface area contributed by atoms with E-state index in [1.165, 1.54) is 11.8 Å². The number of carbonyl (C=O) groups excluding carboxylic acids is 1. The smallest absolute Gasteiger partial charge is 0.356 e. The zero-order valence-electron chi connectivity index (χ0n) is 10.8. The second kappa shape index (κ2) is 5.04. The molecule has 0 radical (unpaired) electrons. The van der Waals surface area contributed by atoms with Gasteiger partial charge in [-0.2, -0.15) is 0 Å². The summed E-state index contributed by atoms with van der Waals surface area (Å²) in [5.41, 5.74) is 3.68. The van der Waals surface area contributed by atoms with Crippen molar-refractivity contribution in [3.63, 3.8) is 0 Å². The number of esters is 1. The lowest BCUT2D eigenvalue weighted by Crippen LogP contribution is -2.11. The van der Waals surface area contributed by atoms with Crippen LogP contribution in [0.3, 0.4) is 0 Å². The monoisotopic (exact) mass is 244 g/mol. The highest BCUT2D eigenvalue weighted by Gasteiger charge is 2.14. The maximum atomic E-state index is 11.8. The first kappa shape index (κ1) is 12.4. The van der Waals surface area contributed by atoms with Crippen LogP contribution in [0, 0.1) is 13.8 Å². The summed E-state index contributed by atoms with van der Waals surface area (Å²) in [5.74, 6) is -0.352. The van der Waals surface area contributed by atoms with Crippen LogP contribution in [-0.4, -0.2) is 22.1 Å². The Hall–Kier alpha value is -2.10. The van der Waals surface area contributed by atoms with Crippen molar-refractivity contribution in [1.82, 2.24) is 9.55 Å². The van der Waals surface area contributed by atoms with Gasteiger partial charge in [0.25, 0.3) is 0 Å². The van der Waals surface area contributed by atoms with Crippen molar-refractivity contribution in [3.8, 4) is 5.69 Å². The number of benzene rings is 1. The molecule has 1 heterocycles. The molecule has 18 heavy (non-hydrogen) atoms. The molecule has 0 atom stereocenters. The SMILES string of the molecule is CCOC(=O)c1cncn1-c1ccc(C)cc1C. The van der Waals surface area contributed by atoms with Gasteiger partial charge in [0, 0.05) is 0 Å². The summed E-state index contributed by atoms with van der Waals surface area (Å²) in [7, 11) is 0. The third kappa shape index (κ3) is 2.27. The van der Waals surface area contributed by atoms with Crippen LogP contribution in [0.25, 0.3) is 5.69 Å². The molecule has 1 aromatic heterocycles. The first-order chi connectivity index (χ1) is 8.63. The number of aromatic nitrogens is 2. The molecule has 2 aromatic rings. The van der Waals surface area contributed by atoms with E-state index in [2.05, 4.69) is 11.1 Å². The van der Waals surface area contributed by atoms with Crippen LogP contribution >= 0.6 is 0 Å². The van der Waals surface area contributed by atoms with E-state index in [9.17, 15) is 4.79 Å². The average molecular weight is 244 g/mol.